The molecule has 1 radical (unpaired) electrons. The van der Waals surface area contributed by atoms with Gasteiger partial charge in [0.25, 0.3) is 0 Å². The fourth-order valence-corrected chi connectivity index (χ4v) is 0.772. The number of imidazole rings is 1. The summed E-state index contributed by atoms with van der Waals surface area (Å²) in [5.74, 6) is 1.49. The molecule has 1 aliphatic carbocycles. The molecule has 1 saturated carbocycles. The highest BCUT2D eigenvalue weighted by atomic mass is 14.9. The number of nitrogens with zero attached hydrogens (tertiary/aromatic N) is 1. The smallest absolute Gasteiger partial charge is 0.0923 e. The van der Waals surface area contributed by atoms with Crippen molar-refractivity contribution in [3.8, 4) is 0 Å². The van der Waals surface area contributed by atoms with Crippen LogP contribution < -0.4 is 0 Å². The number of aromatic amines is 1. The Kier molecular flexibility index (Phi) is 0.692. The minimum atomic E-state index is 1.16. The van der Waals surface area contributed by atoms with Gasteiger partial charge < -0.3 is 4.98 Å². The van der Waals surface area contributed by atoms with Crippen LogP contribution in [0.25, 0.3) is 0 Å². The summed E-state index contributed by atoms with van der Waals surface area (Å²) in [4.78, 5) is 7.00. The Bertz CT molecular complexity index is 163. The molecule has 41 valence electrons. The highest BCUT2D eigenvalue weighted by Gasteiger charge is 2.25. The summed E-state index contributed by atoms with van der Waals surface area (Å²) in [5.41, 5.74) is 1.16. The van der Waals surface area contributed by atoms with E-state index in [0.717, 1.165) is 5.69 Å². The van der Waals surface area contributed by atoms with Crippen LogP contribution in [0, 0.1) is 5.92 Å². The first-order valence-electron chi connectivity index (χ1n) is 2.80. The van der Waals surface area contributed by atoms with Crippen LogP contribution in [0.15, 0.2) is 12.5 Å². The molecule has 1 heterocycles. The van der Waals surface area contributed by atoms with Crippen molar-refractivity contribution in [1.82, 2.24) is 9.97 Å². The maximum atomic E-state index is 4.09. The predicted molar refractivity (Wildman–Crippen MR) is 30.2 cm³/mol. The number of aromatic nitrogens is 2. The van der Waals surface area contributed by atoms with E-state index in [1.54, 1.807) is 6.33 Å². The molecule has 1 aromatic rings. The lowest BCUT2D eigenvalue weighted by Crippen LogP contribution is -1.74. The summed E-state index contributed by atoms with van der Waals surface area (Å²) in [6, 6.07) is 0. The van der Waals surface area contributed by atoms with Crippen molar-refractivity contribution in [1.29, 1.82) is 0 Å². The molecule has 0 spiro atoms. The zero-order valence-corrected chi connectivity index (χ0v) is 4.52. The van der Waals surface area contributed by atoms with E-state index in [1.807, 2.05) is 6.20 Å². The Balaban J connectivity index is 2.28. The number of hydrogen-bond acceptors (Lipinski definition) is 1. The summed E-state index contributed by atoms with van der Waals surface area (Å²) in [6.07, 6.45) is 6.18. The molecule has 2 rings (SSSR count). The zero-order chi connectivity index (χ0) is 5.40. The molecule has 0 unspecified atom stereocenters. The van der Waals surface area contributed by atoms with Gasteiger partial charge in [-0.15, -0.1) is 0 Å². The van der Waals surface area contributed by atoms with E-state index in [9.17, 15) is 0 Å². The Labute approximate surface area is 47.9 Å². The van der Waals surface area contributed by atoms with E-state index in [1.165, 1.54) is 18.8 Å². The SMILES string of the molecule is c1nc([C]2CC2)c[nH]1. The van der Waals surface area contributed by atoms with Crippen molar-refractivity contribution < 1.29 is 0 Å². The van der Waals surface area contributed by atoms with Crippen molar-refractivity contribution in [2.24, 2.45) is 0 Å². The number of nitrogens with one attached hydrogen (secondary N) is 1. The largest absolute Gasteiger partial charge is 0.351 e. The topological polar surface area (TPSA) is 28.7 Å². The standard InChI is InChI=1S/C6H7N2/c1-2-5(1)6-3-7-4-8-6/h3-4H,1-2H2,(H,7,8). The van der Waals surface area contributed by atoms with Gasteiger partial charge >= 0.3 is 0 Å². The minimum Gasteiger partial charge on any atom is -0.351 e. The summed E-state index contributed by atoms with van der Waals surface area (Å²) in [7, 11) is 0. The fraction of sp³-hybridized carbons (Fsp3) is 0.333. The predicted octanol–water partition coefficient (Wildman–Crippen LogP) is 1.13. The lowest BCUT2D eigenvalue weighted by atomic mass is 10.3. The zero-order valence-electron chi connectivity index (χ0n) is 4.52. The molecule has 0 aromatic carbocycles. The molecule has 2 heteroatoms. The Morgan fingerprint density at radius 1 is 1.50 bits per heavy atom. The van der Waals surface area contributed by atoms with Crippen LogP contribution in [0.2, 0.25) is 0 Å². The van der Waals surface area contributed by atoms with Crippen LogP contribution in [0.3, 0.4) is 0 Å². The quantitative estimate of drug-likeness (QED) is 0.572. The van der Waals surface area contributed by atoms with Crippen molar-refractivity contribution in [3.63, 3.8) is 0 Å². The molecule has 0 amide bonds. The molecule has 0 atom stereocenters. The molecule has 0 saturated heterocycles. The summed E-state index contributed by atoms with van der Waals surface area (Å²) >= 11 is 0. The molecule has 1 aromatic heterocycles. The maximum absolute atomic E-state index is 4.09. The second-order valence-electron chi connectivity index (χ2n) is 2.06. The third-order valence-corrected chi connectivity index (χ3v) is 1.36. The monoisotopic (exact) mass is 107 g/mol. The van der Waals surface area contributed by atoms with E-state index >= 15 is 0 Å². The third kappa shape index (κ3) is 0.529. The van der Waals surface area contributed by atoms with Gasteiger partial charge in [-0.2, -0.15) is 0 Å². The van der Waals surface area contributed by atoms with Crippen LogP contribution >= 0.6 is 0 Å². The first-order valence-corrected chi connectivity index (χ1v) is 2.80. The van der Waals surface area contributed by atoms with E-state index in [-0.39, 0.29) is 0 Å². The second kappa shape index (κ2) is 1.34. The van der Waals surface area contributed by atoms with Crippen LogP contribution in [-0.2, 0) is 0 Å². The summed E-state index contributed by atoms with van der Waals surface area (Å²) in [5, 5.41) is 0. The van der Waals surface area contributed by atoms with Crippen molar-refractivity contribution in [2.45, 2.75) is 12.8 Å². The average molecular weight is 107 g/mol. The Hall–Kier alpha value is -0.790. The van der Waals surface area contributed by atoms with Gasteiger partial charge in [0.05, 0.1) is 12.0 Å². The lowest BCUT2D eigenvalue weighted by molar-refractivity contribution is 1.24. The van der Waals surface area contributed by atoms with E-state index in [2.05, 4.69) is 9.97 Å². The van der Waals surface area contributed by atoms with Gasteiger partial charge in [-0.3, -0.25) is 0 Å². The highest BCUT2D eigenvalue weighted by Crippen LogP contribution is 2.36. The molecular weight excluding hydrogens is 100 g/mol. The van der Waals surface area contributed by atoms with Gasteiger partial charge in [0.15, 0.2) is 0 Å². The average Bonchev–Trinajstić information content (AvgIpc) is 2.49. The van der Waals surface area contributed by atoms with Crippen LogP contribution in [0.4, 0.5) is 0 Å². The normalized spacial score (nSPS) is 19.0. The third-order valence-electron chi connectivity index (χ3n) is 1.36. The van der Waals surface area contributed by atoms with Gasteiger partial charge in [0, 0.05) is 12.1 Å². The van der Waals surface area contributed by atoms with Gasteiger partial charge in [-0.25, -0.2) is 4.98 Å². The first kappa shape index (κ1) is 4.13. The molecule has 1 fully saturated rings. The summed E-state index contributed by atoms with van der Waals surface area (Å²) in [6.45, 7) is 0. The number of hydrogen-bond donors (Lipinski definition) is 1. The van der Waals surface area contributed by atoms with Crippen LogP contribution in [0.1, 0.15) is 18.5 Å². The minimum absolute atomic E-state index is 1.16. The van der Waals surface area contributed by atoms with Gasteiger partial charge in [-0.1, -0.05) is 0 Å². The second-order valence-corrected chi connectivity index (χ2v) is 2.06. The molecule has 1 aliphatic rings. The van der Waals surface area contributed by atoms with E-state index in [4.69, 9.17) is 0 Å². The molecular formula is C6H7N2. The van der Waals surface area contributed by atoms with Crippen LogP contribution in [0.5, 0.6) is 0 Å². The summed E-state index contributed by atoms with van der Waals surface area (Å²) < 4.78 is 0. The first-order chi connectivity index (χ1) is 3.97. The van der Waals surface area contributed by atoms with Crippen molar-refractivity contribution >= 4 is 0 Å². The maximum Gasteiger partial charge on any atom is 0.0923 e. The molecule has 8 heavy (non-hydrogen) atoms. The Morgan fingerprint density at radius 2 is 2.38 bits per heavy atom. The number of H-pyrrole nitrogens is 1. The van der Waals surface area contributed by atoms with E-state index < -0.39 is 0 Å². The molecule has 1 N–H and O–H groups in total. The molecule has 2 nitrogen and oxygen atoms in total. The van der Waals surface area contributed by atoms with Gasteiger partial charge in [0.1, 0.15) is 0 Å². The Morgan fingerprint density at radius 3 is 2.88 bits per heavy atom. The molecule has 0 aliphatic heterocycles. The van der Waals surface area contributed by atoms with E-state index in [0.29, 0.717) is 0 Å². The van der Waals surface area contributed by atoms with Gasteiger partial charge in [-0.05, 0) is 12.8 Å². The van der Waals surface area contributed by atoms with Crippen molar-refractivity contribution in [3.05, 3.63) is 24.1 Å². The molecule has 0 bridgehead atoms. The van der Waals surface area contributed by atoms with Crippen molar-refractivity contribution in [2.75, 3.05) is 0 Å². The lowest BCUT2D eigenvalue weighted by Gasteiger charge is -1.79. The van der Waals surface area contributed by atoms with Crippen LogP contribution in [-0.4, -0.2) is 9.97 Å². The van der Waals surface area contributed by atoms with Gasteiger partial charge in [0.2, 0.25) is 0 Å². The number of rotatable bonds is 1. The fourth-order valence-electron chi connectivity index (χ4n) is 0.772. The highest BCUT2D eigenvalue weighted by molar-refractivity contribution is 5.28.